The normalized spacial score (nSPS) is 16.5. The first-order valence-electron chi connectivity index (χ1n) is 6.71. The fourth-order valence-corrected chi connectivity index (χ4v) is 2.10. The standard InChI is InChI=1S/C14H16N4O3/c1-18-10(8-16-17-18)7-15-14(19)6-11-9-20-12-4-2-3-5-13(12)21-11/h2-5,8,11H,6-7,9H2,1H3,(H,15,19)/t11-/m0/s1. The number of hydrogen-bond donors (Lipinski definition) is 1. The molecule has 0 spiro atoms. The van der Waals surface area contributed by atoms with Gasteiger partial charge in [-0.1, -0.05) is 17.3 Å². The maximum absolute atomic E-state index is 11.9. The smallest absolute Gasteiger partial charge is 0.224 e. The minimum atomic E-state index is -0.274. The molecule has 7 heteroatoms. The van der Waals surface area contributed by atoms with E-state index >= 15 is 0 Å². The Kier molecular flexibility index (Phi) is 3.72. The van der Waals surface area contributed by atoms with Gasteiger partial charge in [-0.2, -0.15) is 0 Å². The molecular weight excluding hydrogens is 272 g/mol. The van der Waals surface area contributed by atoms with Crippen LogP contribution in [-0.4, -0.2) is 33.6 Å². The van der Waals surface area contributed by atoms with E-state index in [4.69, 9.17) is 9.47 Å². The molecule has 2 aromatic rings. The molecule has 2 heterocycles. The van der Waals surface area contributed by atoms with Gasteiger partial charge < -0.3 is 14.8 Å². The van der Waals surface area contributed by atoms with E-state index in [-0.39, 0.29) is 18.4 Å². The van der Waals surface area contributed by atoms with Crippen molar-refractivity contribution in [2.24, 2.45) is 7.05 Å². The molecule has 3 rings (SSSR count). The third-order valence-electron chi connectivity index (χ3n) is 3.26. The number of hydrogen-bond acceptors (Lipinski definition) is 5. The fourth-order valence-electron chi connectivity index (χ4n) is 2.10. The van der Waals surface area contributed by atoms with Gasteiger partial charge in [0.2, 0.25) is 5.91 Å². The Bertz CT molecular complexity index is 641. The number of nitrogens with one attached hydrogen (secondary N) is 1. The molecule has 0 saturated heterocycles. The number of ether oxygens (including phenoxy) is 2. The van der Waals surface area contributed by atoms with Crippen LogP contribution in [0.4, 0.5) is 0 Å². The average molecular weight is 288 g/mol. The number of rotatable bonds is 4. The number of benzene rings is 1. The maximum Gasteiger partial charge on any atom is 0.224 e. The maximum atomic E-state index is 11.9. The molecule has 1 N–H and O–H groups in total. The second-order valence-electron chi connectivity index (χ2n) is 4.83. The molecule has 1 aliphatic heterocycles. The molecule has 21 heavy (non-hydrogen) atoms. The fraction of sp³-hybridized carbons (Fsp3) is 0.357. The van der Waals surface area contributed by atoms with Gasteiger partial charge in [0.25, 0.3) is 0 Å². The predicted octanol–water partition coefficient (Wildman–Crippen LogP) is 0.661. The zero-order valence-electron chi connectivity index (χ0n) is 11.7. The molecule has 0 fully saturated rings. The van der Waals surface area contributed by atoms with Crippen molar-refractivity contribution in [3.8, 4) is 11.5 Å². The van der Waals surface area contributed by atoms with E-state index in [1.54, 1.807) is 17.9 Å². The van der Waals surface area contributed by atoms with Crippen LogP contribution in [0.25, 0.3) is 0 Å². The third kappa shape index (κ3) is 3.13. The summed E-state index contributed by atoms with van der Waals surface area (Å²) >= 11 is 0. The number of amides is 1. The van der Waals surface area contributed by atoms with Crippen molar-refractivity contribution in [3.05, 3.63) is 36.2 Å². The quantitative estimate of drug-likeness (QED) is 0.894. The molecule has 0 aliphatic carbocycles. The molecule has 0 saturated carbocycles. The van der Waals surface area contributed by atoms with Crippen LogP contribution in [-0.2, 0) is 18.4 Å². The van der Waals surface area contributed by atoms with E-state index in [1.807, 2.05) is 24.3 Å². The Morgan fingerprint density at radius 1 is 1.43 bits per heavy atom. The van der Waals surface area contributed by atoms with Crippen LogP contribution in [0.1, 0.15) is 12.1 Å². The van der Waals surface area contributed by atoms with Crippen molar-refractivity contribution in [2.75, 3.05) is 6.61 Å². The summed E-state index contributed by atoms with van der Waals surface area (Å²) in [6.45, 7) is 0.768. The van der Waals surface area contributed by atoms with Crippen LogP contribution < -0.4 is 14.8 Å². The van der Waals surface area contributed by atoms with Crippen molar-refractivity contribution >= 4 is 5.91 Å². The molecule has 1 aromatic heterocycles. The van der Waals surface area contributed by atoms with E-state index in [0.717, 1.165) is 11.4 Å². The van der Waals surface area contributed by atoms with Crippen molar-refractivity contribution in [1.29, 1.82) is 0 Å². The highest BCUT2D eigenvalue weighted by Crippen LogP contribution is 2.31. The lowest BCUT2D eigenvalue weighted by molar-refractivity contribution is -0.123. The highest BCUT2D eigenvalue weighted by atomic mass is 16.6. The molecule has 110 valence electrons. The lowest BCUT2D eigenvalue weighted by Gasteiger charge is -2.26. The first-order valence-corrected chi connectivity index (χ1v) is 6.71. The van der Waals surface area contributed by atoms with Gasteiger partial charge in [0.05, 0.1) is 24.9 Å². The monoisotopic (exact) mass is 288 g/mol. The summed E-state index contributed by atoms with van der Waals surface area (Å²) in [4.78, 5) is 11.9. The zero-order chi connectivity index (χ0) is 14.7. The minimum Gasteiger partial charge on any atom is -0.486 e. The Morgan fingerprint density at radius 3 is 3.00 bits per heavy atom. The molecule has 1 amide bonds. The summed E-state index contributed by atoms with van der Waals surface area (Å²) in [5.41, 5.74) is 0.842. The number of carbonyl (C=O) groups excluding carboxylic acids is 1. The highest BCUT2D eigenvalue weighted by molar-refractivity contribution is 5.76. The lowest BCUT2D eigenvalue weighted by Crippen LogP contribution is -2.35. The van der Waals surface area contributed by atoms with Crippen molar-refractivity contribution in [3.63, 3.8) is 0 Å². The first kappa shape index (κ1) is 13.4. The number of aromatic nitrogens is 3. The topological polar surface area (TPSA) is 78.3 Å². The number of aryl methyl sites for hydroxylation is 1. The summed E-state index contributed by atoms with van der Waals surface area (Å²) < 4.78 is 12.9. The lowest BCUT2D eigenvalue weighted by atomic mass is 10.2. The second-order valence-corrected chi connectivity index (χ2v) is 4.83. The molecular formula is C14H16N4O3. The van der Waals surface area contributed by atoms with Crippen LogP contribution in [0.5, 0.6) is 11.5 Å². The Balaban J connectivity index is 1.51. The molecule has 0 radical (unpaired) electrons. The second kappa shape index (κ2) is 5.82. The van der Waals surface area contributed by atoms with E-state index < -0.39 is 0 Å². The summed E-state index contributed by atoms with van der Waals surface area (Å²) in [5.74, 6) is 1.30. The van der Waals surface area contributed by atoms with Crippen LogP contribution >= 0.6 is 0 Å². The summed E-state index contributed by atoms with van der Waals surface area (Å²) in [6.07, 6.45) is 1.60. The summed E-state index contributed by atoms with van der Waals surface area (Å²) in [6, 6.07) is 7.44. The van der Waals surface area contributed by atoms with Crippen molar-refractivity contribution in [1.82, 2.24) is 20.3 Å². The van der Waals surface area contributed by atoms with Gasteiger partial charge in [0.1, 0.15) is 12.7 Å². The molecule has 1 atom stereocenters. The van der Waals surface area contributed by atoms with E-state index in [9.17, 15) is 4.79 Å². The van der Waals surface area contributed by atoms with Gasteiger partial charge in [-0.25, -0.2) is 0 Å². The molecule has 1 aliphatic rings. The molecule has 0 unspecified atom stereocenters. The van der Waals surface area contributed by atoms with Crippen molar-refractivity contribution < 1.29 is 14.3 Å². The van der Waals surface area contributed by atoms with E-state index in [1.165, 1.54) is 0 Å². The molecule has 0 bridgehead atoms. The number of fused-ring (bicyclic) bond motifs is 1. The van der Waals surface area contributed by atoms with Crippen LogP contribution in [0, 0.1) is 0 Å². The summed E-state index contributed by atoms with van der Waals surface area (Å²) in [7, 11) is 1.78. The highest BCUT2D eigenvalue weighted by Gasteiger charge is 2.23. The third-order valence-corrected chi connectivity index (χ3v) is 3.26. The SMILES string of the molecule is Cn1nncc1CNC(=O)C[C@H]1COc2ccccc2O1. The predicted molar refractivity (Wildman–Crippen MR) is 73.8 cm³/mol. The Labute approximate surface area is 121 Å². The molecule has 1 aromatic carbocycles. The van der Waals surface area contributed by atoms with Crippen LogP contribution in [0.3, 0.4) is 0 Å². The number of nitrogens with zero attached hydrogens (tertiary/aromatic N) is 3. The van der Waals surface area contributed by atoms with Gasteiger partial charge in [-0.05, 0) is 12.1 Å². The van der Waals surface area contributed by atoms with Gasteiger partial charge >= 0.3 is 0 Å². The van der Waals surface area contributed by atoms with Crippen molar-refractivity contribution in [2.45, 2.75) is 19.1 Å². The van der Waals surface area contributed by atoms with Crippen LogP contribution in [0.15, 0.2) is 30.5 Å². The largest absolute Gasteiger partial charge is 0.486 e. The number of carbonyl (C=O) groups is 1. The van der Waals surface area contributed by atoms with Gasteiger partial charge in [0, 0.05) is 7.05 Å². The Morgan fingerprint density at radius 2 is 2.24 bits per heavy atom. The van der Waals surface area contributed by atoms with Crippen LogP contribution in [0.2, 0.25) is 0 Å². The number of para-hydroxylation sites is 2. The van der Waals surface area contributed by atoms with Gasteiger partial charge in [-0.15, -0.1) is 5.10 Å². The van der Waals surface area contributed by atoms with Gasteiger partial charge in [-0.3, -0.25) is 9.48 Å². The zero-order valence-corrected chi connectivity index (χ0v) is 11.7. The molecule has 7 nitrogen and oxygen atoms in total. The summed E-state index contributed by atoms with van der Waals surface area (Å²) in [5, 5.41) is 10.4. The first-order chi connectivity index (χ1) is 10.2. The van der Waals surface area contributed by atoms with E-state index in [2.05, 4.69) is 15.6 Å². The average Bonchev–Trinajstić information content (AvgIpc) is 2.90. The minimum absolute atomic E-state index is 0.0934. The van der Waals surface area contributed by atoms with Gasteiger partial charge in [0.15, 0.2) is 11.5 Å². The van der Waals surface area contributed by atoms with E-state index in [0.29, 0.717) is 18.9 Å². The Hall–Kier alpha value is -2.57.